The van der Waals surface area contributed by atoms with Crippen molar-refractivity contribution in [2.24, 2.45) is 4.99 Å². The van der Waals surface area contributed by atoms with Gasteiger partial charge in [-0.3, -0.25) is 4.99 Å². The summed E-state index contributed by atoms with van der Waals surface area (Å²) in [6.45, 7) is 0. The van der Waals surface area contributed by atoms with Crippen LogP contribution >= 0.6 is 35.7 Å². The zero-order valence-corrected chi connectivity index (χ0v) is 14.4. The second kappa shape index (κ2) is 7.13. The first-order valence-corrected chi connectivity index (χ1v) is 7.61. The van der Waals surface area contributed by atoms with E-state index < -0.39 is 0 Å². The van der Waals surface area contributed by atoms with Gasteiger partial charge in [0.05, 0.1) is 6.04 Å². The molecule has 0 spiro atoms. The highest BCUT2D eigenvalue weighted by molar-refractivity contribution is 14.0. The summed E-state index contributed by atoms with van der Waals surface area (Å²) in [7, 11) is 0. The van der Waals surface area contributed by atoms with Gasteiger partial charge in [-0.15, -0.1) is 24.0 Å². The third kappa shape index (κ3) is 3.35. The van der Waals surface area contributed by atoms with Gasteiger partial charge < -0.3 is 5.32 Å². The predicted molar refractivity (Wildman–Crippen MR) is 99.3 cm³/mol. The number of amidine groups is 1. The molecule has 0 saturated heterocycles. The average molecular weight is 396 g/mol. The maximum absolute atomic E-state index is 4.85. The summed E-state index contributed by atoms with van der Waals surface area (Å²) in [6, 6.07) is 19.2. The van der Waals surface area contributed by atoms with E-state index in [4.69, 9.17) is 4.99 Å². The second-order valence-corrected chi connectivity index (χ2v) is 5.35. The van der Waals surface area contributed by atoms with E-state index in [0.29, 0.717) is 0 Å². The average Bonchev–Trinajstić information content (AvgIpc) is 2.67. The lowest BCUT2D eigenvalue weighted by Crippen LogP contribution is -2.07. The Morgan fingerprint density at radius 3 is 2.50 bits per heavy atom. The molecule has 1 N–H and O–H groups in total. The highest BCUT2D eigenvalue weighted by Gasteiger charge is 2.18. The van der Waals surface area contributed by atoms with Gasteiger partial charge in [-0.05, 0) is 23.4 Å². The Hall–Kier alpha value is -1.01. The van der Waals surface area contributed by atoms with E-state index >= 15 is 0 Å². The molecule has 0 bridgehead atoms. The number of aliphatic imine (C=N–C) groups is 1. The molecule has 0 radical (unpaired) electrons. The molecular formula is C16H17IN2S. The summed E-state index contributed by atoms with van der Waals surface area (Å²) in [5.41, 5.74) is 3.77. The first-order chi connectivity index (χ1) is 9.36. The van der Waals surface area contributed by atoms with Crippen LogP contribution in [-0.2, 0) is 6.42 Å². The second-order valence-electron chi connectivity index (χ2n) is 4.55. The smallest absolute Gasteiger partial charge is 0.161 e. The Kier molecular flexibility index (Phi) is 5.48. The number of benzene rings is 2. The molecule has 4 heteroatoms. The third-order valence-electron chi connectivity index (χ3n) is 3.32. The summed E-state index contributed by atoms with van der Waals surface area (Å²) < 4.78 is 0. The van der Waals surface area contributed by atoms with Crippen LogP contribution in [-0.4, -0.2) is 11.4 Å². The zero-order valence-electron chi connectivity index (χ0n) is 11.2. The van der Waals surface area contributed by atoms with Crippen LogP contribution in [0.15, 0.2) is 59.6 Å². The number of hydrogen-bond acceptors (Lipinski definition) is 3. The number of anilines is 1. The molecule has 2 aromatic carbocycles. The number of halogens is 1. The summed E-state index contributed by atoms with van der Waals surface area (Å²) in [4.78, 5) is 4.85. The number of rotatable bonds is 1. The topological polar surface area (TPSA) is 24.4 Å². The lowest BCUT2D eigenvalue weighted by atomic mass is 9.99. The van der Waals surface area contributed by atoms with Crippen molar-refractivity contribution in [2.45, 2.75) is 12.5 Å². The number of fused-ring (bicyclic) bond motifs is 1. The van der Waals surface area contributed by atoms with E-state index in [2.05, 4.69) is 60.1 Å². The highest BCUT2D eigenvalue weighted by atomic mass is 127. The highest BCUT2D eigenvalue weighted by Crippen LogP contribution is 2.30. The quantitative estimate of drug-likeness (QED) is 0.705. The van der Waals surface area contributed by atoms with Crippen LogP contribution in [0.25, 0.3) is 0 Å². The van der Waals surface area contributed by atoms with Gasteiger partial charge in [0.1, 0.15) is 0 Å². The van der Waals surface area contributed by atoms with Gasteiger partial charge >= 0.3 is 0 Å². The van der Waals surface area contributed by atoms with Gasteiger partial charge in [-0.1, -0.05) is 60.3 Å². The molecule has 1 unspecified atom stereocenters. The van der Waals surface area contributed by atoms with Crippen molar-refractivity contribution in [2.75, 3.05) is 11.6 Å². The molecule has 1 aliphatic rings. The minimum atomic E-state index is 0. The Bertz CT molecular complexity index is 598. The van der Waals surface area contributed by atoms with Crippen LogP contribution in [0.2, 0.25) is 0 Å². The molecule has 1 atom stereocenters. The van der Waals surface area contributed by atoms with E-state index in [1.54, 1.807) is 11.8 Å². The van der Waals surface area contributed by atoms with Crippen LogP contribution in [0.3, 0.4) is 0 Å². The number of hydrogen-bond donors (Lipinski definition) is 1. The standard InChI is InChI=1S/C16H16N2S.HI/c1-19-16-17-14-10-6-5-9-13(14)11-15(18-16)12-7-3-2-4-8-12;/h2-10,15H,11H2,1H3,(H,17,18);1H. The van der Waals surface area contributed by atoms with Crippen molar-refractivity contribution >= 4 is 46.6 Å². The van der Waals surface area contributed by atoms with Gasteiger partial charge in [0.15, 0.2) is 5.17 Å². The molecule has 0 fully saturated rings. The monoisotopic (exact) mass is 396 g/mol. The van der Waals surface area contributed by atoms with Crippen LogP contribution in [0.5, 0.6) is 0 Å². The molecule has 2 nitrogen and oxygen atoms in total. The minimum absolute atomic E-state index is 0. The van der Waals surface area contributed by atoms with Crippen molar-refractivity contribution in [1.82, 2.24) is 0 Å². The Morgan fingerprint density at radius 2 is 1.75 bits per heavy atom. The summed E-state index contributed by atoms with van der Waals surface area (Å²) in [5, 5.41) is 4.41. The fraction of sp³-hybridized carbons (Fsp3) is 0.188. The van der Waals surface area contributed by atoms with Crippen molar-refractivity contribution in [3.05, 3.63) is 65.7 Å². The van der Waals surface area contributed by atoms with Gasteiger partial charge in [0.25, 0.3) is 0 Å². The maximum Gasteiger partial charge on any atom is 0.161 e. The third-order valence-corrected chi connectivity index (χ3v) is 3.92. The van der Waals surface area contributed by atoms with Gasteiger partial charge in [-0.25, -0.2) is 0 Å². The van der Waals surface area contributed by atoms with E-state index in [9.17, 15) is 0 Å². The lowest BCUT2D eigenvalue weighted by molar-refractivity contribution is 0.733. The number of nitrogens with zero attached hydrogens (tertiary/aromatic N) is 1. The molecule has 0 amide bonds. The largest absolute Gasteiger partial charge is 0.335 e. The molecule has 20 heavy (non-hydrogen) atoms. The van der Waals surface area contributed by atoms with Gasteiger partial charge in [-0.2, -0.15) is 0 Å². The molecule has 2 aromatic rings. The van der Waals surface area contributed by atoms with Crippen molar-refractivity contribution < 1.29 is 0 Å². The van der Waals surface area contributed by atoms with Crippen molar-refractivity contribution in [1.29, 1.82) is 0 Å². The Labute approximate surface area is 141 Å². The first kappa shape index (κ1) is 15.4. The zero-order chi connectivity index (χ0) is 13.1. The fourth-order valence-electron chi connectivity index (χ4n) is 2.33. The first-order valence-electron chi connectivity index (χ1n) is 6.38. The number of nitrogens with one attached hydrogen (secondary N) is 1. The molecule has 1 heterocycles. The number of para-hydroxylation sites is 1. The molecule has 0 saturated carbocycles. The molecule has 3 rings (SSSR count). The van der Waals surface area contributed by atoms with Gasteiger partial charge in [0.2, 0.25) is 0 Å². The molecule has 1 aliphatic heterocycles. The predicted octanol–water partition coefficient (Wildman–Crippen LogP) is 4.73. The fourth-order valence-corrected chi connectivity index (χ4v) is 2.78. The normalized spacial score (nSPS) is 17.1. The minimum Gasteiger partial charge on any atom is -0.335 e. The van der Waals surface area contributed by atoms with Crippen molar-refractivity contribution in [3.63, 3.8) is 0 Å². The molecule has 0 aromatic heterocycles. The van der Waals surface area contributed by atoms with Crippen LogP contribution in [0.1, 0.15) is 17.2 Å². The van der Waals surface area contributed by atoms with Crippen molar-refractivity contribution in [3.8, 4) is 0 Å². The molecule has 104 valence electrons. The van der Waals surface area contributed by atoms with E-state index in [-0.39, 0.29) is 30.0 Å². The number of thioether (sulfide) groups is 1. The van der Waals surface area contributed by atoms with Gasteiger partial charge in [0, 0.05) is 12.1 Å². The summed E-state index contributed by atoms with van der Waals surface area (Å²) in [5.74, 6) is 0. The summed E-state index contributed by atoms with van der Waals surface area (Å²) in [6.07, 6.45) is 3.00. The van der Waals surface area contributed by atoms with E-state index in [0.717, 1.165) is 11.6 Å². The molecule has 0 aliphatic carbocycles. The van der Waals surface area contributed by atoms with Crippen LogP contribution in [0, 0.1) is 0 Å². The molecular weight excluding hydrogens is 379 g/mol. The Balaban J connectivity index is 0.00000147. The van der Waals surface area contributed by atoms with E-state index in [1.165, 1.54) is 16.8 Å². The Morgan fingerprint density at radius 1 is 1.05 bits per heavy atom. The summed E-state index contributed by atoms with van der Waals surface area (Å²) >= 11 is 1.66. The van der Waals surface area contributed by atoms with Crippen LogP contribution in [0.4, 0.5) is 5.69 Å². The van der Waals surface area contributed by atoms with E-state index in [1.807, 2.05) is 6.07 Å². The van der Waals surface area contributed by atoms with Crippen LogP contribution < -0.4 is 5.32 Å². The lowest BCUT2D eigenvalue weighted by Gasteiger charge is -2.11. The SMILES string of the molecule is CSC1=NC(c2ccccc2)Cc2ccccc2N1.I. The maximum atomic E-state index is 4.85.